The topological polar surface area (TPSA) is 120 Å². The third-order valence-electron chi connectivity index (χ3n) is 2.68. The average Bonchev–Trinajstić information content (AvgIpc) is 2.50. The third-order valence-corrected chi connectivity index (χ3v) is 2.68. The van der Waals surface area contributed by atoms with Crippen LogP contribution < -0.4 is 5.48 Å². The molecule has 0 saturated heterocycles. The van der Waals surface area contributed by atoms with Gasteiger partial charge in [-0.05, 0) is 45.4 Å². The van der Waals surface area contributed by atoms with Crippen LogP contribution in [0.25, 0.3) is 0 Å². The van der Waals surface area contributed by atoms with Gasteiger partial charge in [-0.3, -0.25) is 30.5 Å². The molecule has 1 N–H and O–H groups in total. The fourth-order valence-electron chi connectivity index (χ4n) is 1.55. The third kappa shape index (κ3) is 7.36. The highest BCUT2D eigenvalue weighted by atomic mass is 16.7. The molecule has 0 saturated carbocycles. The summed E-state index contributed by atoms with van der Waals surface area (Å²) >= 11 is 0. The maximum absolute atomic E-state index is 11.0. The normalized spacial score (nSPS) is 12.7. The molecule has 1 aromatic carbocycles. The lowest BCUT2D eigenvalue weighted by atomic mass is 10.2. The molecular weight excluding hydrogens is 328 g/mol. The van der Waals surface area contributed by atoms with Crippen LogP contribution >= 0.6 is 0 Å². The first kappa shape index (κ1) is 20.0. The van der Waals surface area contributed by atoms with Crippen LogP contribution in [0, 0.1) is 20.2 Å². The average molecular weight is 348 g/mol. The van der Waals surface area contributed by atoms with Gasteiger partial charge in [0.15, 0.2) is 0 Å². The van der Waals surface area contributed by atoms with Crippen molar-refractivity contribution in [1.82, 2.24) is 5.48 Å². The summed E-state index contributed by atoms with van der Waals surface area (Å²) in [4.78, 5) is 29.6. The number of benzene rings is 1. The van der Waals surface area contributed by atoms with Crippen molar-refractivity contribution in [3.8, 4) is 0 Å². The van der Waals surface area contributed by atoms with E-state index in [1.165, 1.54) is 18.3 Å². The highest BCUT2D eigenvalue weighted by Gasteiger charge is 2.18. The lowest BCUT2D eigenvalue weighted by Gasteiger charge is -2.18. The molecular formula is C16H20N4O5. The number of nitrogens with zero attached hydrogens (tertiary/aromatic N) is 3. The Kier molecular flexibility index (Phi) is 6.94. The van der Waals surface area contributed by atoms with E-state index in [-0.39, 0.29) is 17.0 Å². The van der Waals surface area contributed by atoms with Gasteiger partial charge < -0.3 is 0 Å². The maximum Gasteiger partial charge on any atom is 0.301 e. The molecule has 0 aliphatic carbocycles. The molecule has 0 atom stereocenters. The first-order valence-corrected chi connectivity index (χ1v) is 7.34. The Labute approximate surface area is 145 Å². The van der Waals surface area contributed by atoms with Crippen molar-refractivity contribution in [2.75, 3.05) is 0 Å². The highest BCUT2D eigenvalue weighted by Crippen LogP contribution is 2.30. The van der Waals surface area contributed by atoms with Gasteiger partial charge in [-0.15, -0.1) is 0 Å². The zero-order chi connectivity index (χ0) is 19.0. The molecule has 25 heavy (non-hydrogen) atoms. The lowest BCUT2D eigenvalue weighted by Crippen LogP contribution is -2.25. The zero-order valence-electron chi connectivity index (χ0n) is 14.4. The number of hydrogen-bond acceptors (Lipinski definition) is 7. The second-order valence-corrected chi connectivity index (χ2v) is 6.05. The summed E-state index contributed by atoms with van der Waals surface area (Å²) < 4.78 is 0. The van der Waals surface area contributed by atoms with E-state index in [1.54, 1.807) is 18.4 Å². The zero-order valence-corrected chi connectivity index (χ0v) is 14.4. The fourth-order valence-corrected chi connectivity index (χ4v) is 1.55. The van der Waals surface area contributed by atoms with Crippen LogP contribution in [-0.4, -0.2) is 21.7 Å². The molecule has 0 bridgehead atoms. The Balaban J connectivity index is 2.80. The summed E-state index contributed by atoms with van der Waals surface area (Å²) in [5.41, 5.74) is 2.49. The van der Waals surface area contributed by atoms with Gasteiger partial charge >= 0.3 is 5.69 Å². The van der Waals surface area contributed by atoms with Crippen LogP contribution in [0.15, 0.2) is 47.1 Å². The van der Waals surface area contributed by atoms with E-state index in [4.69, 9.17) is 4.84 Å². The Morgan fingerprint density at radius 3 is 2.48 bits per heavy atom. The number of allylic oxidation sites excluding steroid dienone is 3. The maximum atomic E-state index is 11.0. The largest absolute Gasteiger partial charge is 0.301 e. The lowest BCUT2D eigenvalue weighted by molar-refractivity contribution is -0.393. The number of nitrogens with one attached hydrogen (secondary N) is 1. The van der Waals surface area contributed by atoms with Crippen molar-refractivity contribution in [2.24, 2.45) is 4.99 Å². The van der Waals surface area contributed by atoms with E-state index in [1.807, 2.05) is 27.7 Å². The van der Waals surface area contributed by atoms with Gasteiger partial charge in [-0.1, -0.05) is 6.08 Å². The molecule has 0 unspecified atom stereocenters. The van der Waals surface area contributed by atoms with Gasteiger partial charge in [0.1, 0.15) is 5.69 Å². The highest BCUT2D eigenvalue weighted by molar-refractivity contribution is 5.77. The van der Waals surface area contributed by atoms with E-state index >= 15 is 0 Å². The molecule has 0 heterocycles. The summed E-state index contributed by atoms with van der Waals surface area (Å²) in [5.74, 6) is 0. The molecule has 0 spiro atoms. The van der Waals surface area contributed by atoms with Crippen molar-refractivity contribution in [1.29, 1.82) is 0 Å². The smallest absolute Gasteiger partial charge is 0.274 e. The molecule has 134 valence electrons. The summed E-state index contributed by atoms with van der Waals surface area (Å²) in [6, 6.07) is 3.29. The molecule has 0 radical (unpaired) electrons. The van der Waals surface area contributed by atoms with Crippen molar-refractivity contribution < 1.29 is 14.7 Å². The van der Waals surface area contributed by atoms with Gasteiger partial charge in [0.25, 0.3) is 5.69 Å². The number of hydroxylamine groups is 1. The van der Waals surface area contributed by atoms with E-state index in [0.29, 0.717) is 0 Å². The number of nitro groups is 2. The van der Waals surface area contributed by atoms with E-state index < -0.39 is 15.5 Å². The Morgan fingerprint density at radius 1 is 1.24 bits per heavy atom. The predicted molar refractivity (Wildman–Crippen MR) is 94.8 cm³/mol. The second-order valence-electron chi connectivity index (χ2n) is 6.05. The summed E-state index contributed by atoms with van der Waals surface area (Å²) in [5, 5.41) is 21.7. The SMILES string of the molecule is CC(/C=C/C=Nc1ccc([N+](=O)[O-])cc1[N+](=O)[O-])=C\NOC(C)(C)C. The molecule has 9 nitrogen and oxygen atoms in total. The number of non-ortho nitro benzene ring substituents is 1. The molecule has 0 aliphatic heterocycles. The van der Waals surface area contributed by atoms with Crippen molar-refractivity contribution in [3.63, 3.8) is 0 Å². The van der Waals surface area contributed by atoms with Crippen molar-refractivity contribution in [2.45, 2.75) is 33.3 Å². The van der Waals surface area contributed by atoms with Gasteiger partial charge in [0.2, 0.25) is 0 Å². The van der Waals surface area contributed by atoms with Crippen molar-refractivity contribution in [3.05, 3.63) is 62.4 Å². The van der Waals surface area contributed by atoms with Crippen LogP contribution in [0.4, 0.5) is 17.1 Å². The molecule has 0 amide bonds. The van der Waals surface area contributed by atoms with Crippen LogP contribution in [0.5, 0.6) is 0 Å². The molecule has 1 rings (SSSR count). The Bertz CT molecular complexity index is 733. The first-order valence-electron chi connectivity index (χ1n) is 7.34. The first-order chi connectivity index (χ1) is 11.6. The van der Waals surface area contributed by atoms with Gasteiger partial charge in [0, 0.05) is 18.5 Å². The monoisotopic (exact) mass is 348 g/mol. The Hall–Kier alpha value is -3.07. The number of nitro benzene ring substituents is 2. The summed E-state index contributed by atoms with van der Waals surface area (Å²) in [6.07, 6.45) is 6.34. The number of hydrogen-bond donors (Lipinski definition) is 1. The minimum atomic E-state index is -0.706. The summed E-state index contributed by atoms with van der Waals surface area (Å²) in [7, 11) is 0. The molecule has 9 heteroatoms. The van der Waals surface area contributed by atoms with E-state index in [9.17, 15) is 20.2 Å². The number of aliphatic imine (C=N–C) groups is 1. The Morgan fingerprint density at radius 2 is 1.92 bits per heavy atom. The molecule has 1 aromatic rings. The van der Waals surface area contributed by atoms with E-state index in [0.717, 1.165) is 11.6 Å². The van der Waals surface area contributed by atoms with Crippen LogP contribution in [0.3, 0.4) is 0 Å². The standard InChI is InChI=1S/C16H20N4O5/c1-12(11-18-25-16(2,3)4)6-5-9-17-14-8-7-13(19(21)22)10-15(14)20(23)24/h5-11,18H,1-4H3/b6-5+,12-11+,17-9?. The molecule has 0 fully saturated rings. The van der Waals surface area contributed by atoms with Gasteiger partial charge in [-0.25, -0.2) is 4.99 Å². The van der Waals surface area contributed by atoms with Crippen LogP contribution in [0.1, 0.15) is 27.7 Å². The minimum absolute atomic E-state index is 0.0380. The van der Waals surface area contributed by atoms with Crippen LogP contribution in [-0.2, 0) is 4.84 Å². The predicted octanol–water partition coefficient (Wildman–Crippen LogP) is 3.99. The van der Waals surface area contributed by atoms with Crippen LogP contribution in [0.2, 0.25) is 0 Å². The summed E-state index contributed by atoms with van der Waals surface area (Å²) in [6.45, 7) is 7.55. The van der Waals surface area contributed by atoms with Gasteiger partial charge in [-0.2, -0.15) is 0 Å². The molecule has 0 aromatic heterocycles. The second kappa shape index (κ2) is 8.69. The molecule has 0 aliphatic rings. The van der Waals surface area contributed by atoms with Crippen molar-refractivity contribution >= 4 is 23.3 Å². The van der Waals surface area contributed by atoms with E-state index in [2.05, 4.69) is 10.5 Å². The minimum Gasteiger partial charge on any atom is -0.274 e. The fraction of sp³-hybridized carbons (Fsp3) is 0.312. The van der Waals surface area contributed by atoms with Gasteiger partial charge in [0.05, 0.1) is 21.5 Å². The number of rotatable bonds is 7. The quantitative estimate of drug-likeness (QED) is 0.344.